The number of anilines is 1. The number of nitrogens with one attached hydrogen (secondary N) is 1. The van der Waals surface area contributed by atoms with Crippen molar-refractivity contribution in [2.24, 2.45) is 10.8 Å². The Morgan fingerprint density at radius 3 is 2.34 bits per heavy atom. The minimum atomic E-state index is -0.614. The maximum absolute atomic E-state index is 13.6. The molecule has 2 aromatic carbocycles. The highest BCUT2D eigenvalue weighted by Crippen LogP contribution is 2.60. The Labute approximate surface area is 215 Å². The Balaban J connectivity index is 1.29. The largest absolute Gasteiger partial charge is 0.393 e. The smallest absolute Gasteiger partial charge is 0.231 e. The van der Waals surface area contributed by atoms with Gasteiger partial charge in [-0.05, 0) is 79.8 Å². The van der Waals surface area contributed by atoms with Gasteiger partial charge in [0.1, 0.15) is 5.82 Å². The molecule has 3 nitrogen and oxygen atoms in total. The Kier molecular flexibility index (Phi) is 6.66. The Morgan fingerprint density at radius 1 is 1.11 bits per heavy atom. The topological polar surface area (TPSA) is 49.3 Å². The van der Waals surface area contributed by atoms with Gasteiger partial charge in [0.25, 0.3) is 0 Å². The van der Waals surface area contributed by atoms with Gasteiger partial charge < -0.3 is 10.4 Å². The minimum absolute atomic E-state index is 0.00971. The third kappa shape index (κ3) is 4.73. The number of carbonyl (C=O) groups is 1. The van der Waals surface area contributed by atoms with Crippen LogP contribution in [-0.4, -0.2) is 22.9 Å². The van der Waals surface area contributed by atoms with E-state index in [2.05, 4.69) is 49.5 Å². The van der Waals surface area contributed by atoms with E-state index >= 15 is 0 Å². The van der Waals surface area contributed by atoms with E-state index < -0.39 is 11.5 Å². The lowest BCUT2D eigenvalue weighted by molar-refractivity contribution is -0.152. The van der Waals surface area contributed by atoms with E-state index in [0.717, 1.165) is 35.6 Å². The normalized spacial score (nSPS) is 28.7. The SMILES string of the molecule is CCSC1=CCC(C)(C2(C(=O)Nc3ccc(C4(Sc5ccc(F)cc5)CC4)cc3)CC(O)C2)C=C1. The van der Waals surface area contributed by atoms with Gasteiger partial charge in [0.2, 0.25) is 5.91 Å². The van der Waals surface area contributed by atoms with Gasteiger partial charge in [-0.3, -0.25) is 4.79 Å². The molecule has 6 heteroatoms. The lowest BCUT2D eigenvalue weighted by Gasteiger charge is -2.54. The molecular weight excluding hydrogens is 477 g/mol. The average molecular weight is 510 g/mol. The molecule has 0 radical (unpaired) electrons. The molecule has 3 aliphatic carbocycles. The highest BCUT2D eigenvalue weighted by molar-refractivity contribution is 8.03. The Hall–Kier alpha value is -2.02. The van der Waals surface area contributed by atoms with E-state index in [9.17, 15) is 14.3 Å². The summed E-state index contributed by atoms with van der Waals surface area (Å²) >= 11 is 3.60. The molecule has 1 unspecified atom stereocenters. The van der Waals surface area contributed by atoms with Crippen LogP contribution >= 0.6 is 23.5 Å². The third-order valence-electron chi connectivity index (χ3n) is 7.85. The van der Waals surface area contributed by atoms with Gasteiger partial charge >= 0.3 is 0 Å². The second-order valence-electron chi connectivity index (χ2n) is 10.2. The van der Waals surface area contributed by atoms with E-state index in [1.165, 1.54) is 22.6 Å². The first kappa shape index (κ1) is 24.7. The summed E-state index contributed by atoms with van der Waals surface area (Å²) in [5, 5.41) is 13.4. The molecule has 1 atom stereocenters. The zero-order valence-electron chi connectivity index (χ0n) is 20.2. The van der Waals surface area contributed by atoms with Gasteiger partial charge in [0, 0.05) is 25.7 Å². The lowest BCUT2D eigenvalue weighted by Crippen LogP contribution is -2.58. The van der Waals surface area contributed by atoms with Crippen LogP contribution in [0.2, 0.25) is 0 Å². The molecule has 0 bridgehead atoms. The highest BCUT2D eigenvalue weighted by atomic mass is 32.2. The second-order valence-corrected chi connectivity index (χ2v) is 13.0. The molecule has 2 saturated carbocycles. The number of hydrogen-bond acceptors (Lipinski definition) is 4. The summed E-state index contributed by atoms with van der Waals surface area (Å²) < 4.78 is 13.3. The zero-order valence-corrected chi connectivity index (χ0v) is 21.9. The van der Waals surface area contributed by atoms with Crippen molar-refractivity contribution in [2.45, 2.75) is 61.7 Å². The van der Waals surface area contributed by atoms with Crippen LogP contribution in [0.5, 0.6) is 0 Å². The third-order valence-corrected chi connectivity index (χ3v) is 10.3. The van der Waals surface area contributed by atoms with Gasteiger partial charge in [-0.15, -0.1) is 23.5 Å². The van der Waals surface area contributed by atoms with Crippen molar-refractivity contribution in [3.8, 4) is 0 Å². The fourth-order valence-corrected chi connectivity index (χ4v) is 7.38. The number of amides is 1. The fraction of sp³-hybridized carbons (Fsp3) is 0.414. The van der Waals surface area contributed by atoms with E-state index in [-0.39, 0.29) is 21.9 Å². The predicted octanol–water partition coefficient (Wildman–Crippen LogP) is 7.29. The van der Waals surface area contributed by atoms with E-state index in [0.29, 0.717) is 12.8 Å². The van der Waals surface area contributed by atoms with Crippen LogP contribution in [0, 0.1) is 16.6 Å². The number of rotatable bonds is 8. The number of aliphatic hydroxyl groups excluding tert-OH is 1. The molecule has 184 valence electrons. The van der Waals surface area contributed by atoms with Gasteiger partial charge in [-0.25, -0.2) is 4.39 Å². The number of aliphatic hydroxyl groups is 1. The van der Waals surface area contributed by atoms with Crippen LogP contribution < -0.4 is 5.32 Å². The van der Waals surface area contributed by atoms with Crippen LogP contribution in [0.1, 0.15) is 51.5 Å². The first-order valence-corrected chi connectivity index (χ1v) is 14.1. The van der Waals surface area contributed by atoms with Crippen LogP contribution in [0.3, 0.4) is 0 Å². The molecule has 1 amide bonds. The number of hydrogen-bond donors (Lipinski definition) is 2. The molecule has 0 aliphatic heterocycles. The van der Waals surface area contributed by atoms with Gasteiger partial charge in [-0.1, -0.05) is 44.2 Å². The van der Waals surface area contributed by atoms with Crippen LogP contribution in [0.25, 0.3) is 0 Å². The maximum Gasteiger partial charge on any atom is 0.231 e. The maximum atomic E-state index is 13.6. The van der Waals surface area contributed by atoms with E-state index in [1.807, 2.05) is 36.0 Å². The van der Waals surface area contributed by atoms with E-state index in [4.69, 9.17) is 0 Å². The predicted molar refractivity (Wildman–Crippen MR) is 144 cm³/mol. The number of thioether (sulfide) groups is 2. The summed E-state index contributed by atoms with van der Waals surface area (Å²) in [6.45, 7) is 4.29. The number of benzene rings is 2. The lowest BCUT2D eigenvalue weighted by atomic mass is 9.50. The number of halogens is 1. The van der Waals surface area contributed by atoms with Crippen molar-refractivity contribution >= 4 is 35.1 Å². The second kappa shape index (κ2) is 9.45. The molecule has 0 spiro atoms. The molecule has 5 rings (SSSR count). The molecule has 0 aromatic heterocycles. The number of allylic oxidation sites excluding steroid dienone is 3. The molecule has 35 heavy (non-hydrogen) atoms. The summed E-state index contributed by atoms with van der Waals surface area (Å²) in [6, 6.07) is 14.8. The molecule has 0 heterocycles. The molecule has 2 N–H and O–H groups in total. The van der Waals surface area contributed by atoms with Gasteiger partial charge in [-0.2, -0.15) is 0 Å². The monoisotopic (exact) mass is 509 g/mol. The minimum Gasteiger partial charge on any atom is -0.393 e. The van der Waals surface area contributed by atoms with Gasteiger partial charge in [0.15, 0.2) is 0 Å². The van der Waals surface area contributed by atoms with Crippen molar-refractivity contribution in [2.75, 3.05) is 11.1 Å². The van der Waals surface area contributed by atoms with Crippen LogP contribution in [0.15, 0.2) is 76.6 Å². The first-order chi connectivity index (χ1) is 16.8. The fourth-order valence-electron chi connectivity index (χ4n) is 5.40. The summed E-state index contributed by atoms with van der Waals surface area (Å²) in [7, 11) is 0. The summed E-state index contributed by atoms with van der Waals surface area (Å²) in [6.07, 6.45) is 10.1. The van der Waals surface area contributed by atoms with Crippen molar-refractivity contribution in [3.05, 3.63) is 83.0 Å². The molecule has 2 fully saturated rings. The summed E-state index contributed by atoms with van der Waals surface area (Å²) in [4.78, 5) is 15.9. The van der Waals surface area contributed by atoms with Crippen molar-refractivity contribution in [3.63, 3.8) is 0 Å². The summed E-state index contributed by atoms with van der Waals surface area (Å²) in [5.41, 5.74) is 1.07. The van der Waals surface area contributed by atoms with Gasteiger partial charge in [0.05, 0.1) is 11.5 Å². The standard InChI is InChI=1S/C29H32FNO2S2/c1-3-34-24-12-14-27(2,15-13-24)28(18-23(32)19-28)26(33)31-22-8-4-20(5-9-22)29(16-17-29)35-25-10-6-21(30)7-11-25/h4-14,23,32H,3,15-19H2,1-2H3,(H,31,33). The molecule has 3 aliphatic rings. The van der Waals surface area contributed by atoms with Crippen molar-refractivity contribution in [1.82, 2.24) is 0 Å². The first-order valence-electron chi connectivity index (χ1n) is 12.3. The Morgan fingerprint density at radius 2 is 1.80 bits per heavy atom. The number of carbonyl (C=O) groups excluding carboxylic acids is 1. The Bertz CT molecular complexity index is 1150. The van der Waals surface area contributed by atoms with Crippen LogP contribution in [-0.2, 0) is 9.54 Å². The zero-order chi connectivity index (χ0) is 24.7. The van der Waals surface area contributed by atoms with E-state index in [1.54, 1.807) is 11.8 Å². The van der Waals surface area contributed by atoms with Crippen LogP contribution in [0.4, 0.5) is 10.1 Å². The highest BCUT2D eigenvalue weighted by Gasteiger charge is 2.59. The average Bonchev–Trinajstić information content (AvgIpc) is 3.61. The summed E-state index contributed by atoms with van der Waals surface area (Å²) in [5.74, 6) is 0.797. The molecule has 0 saturated heterocycles. The quantitative estimate of drug-likeness (QED) is 0.392. The van der Waals surface area contributed by atoms with Crippen molar-refractivity contribution < 1.29 is 14.3 Å². The molecular formula is C29H32FNO2S2. The van der Waals surface area contributed by atoms with Crippen molar-refractivity contribution in [1.29, 1.82) is 0 Å². The molecule has 2 aromatic rings.